The Kier molecular flexibility index (Phi) is 6.29. The summed E-state index contributed by atoms with van der Waals surface area (Å²) in [6.07, 6.45) is -0.278. The van der Waals surface area contributed by atoms with Gasteiger partial charge in [-0.3, -0.25) is 9.59 Å². The number of methoxy groups -OCH3 is 1. The Morgan fingerprint density at radius 3 is 2.39 bits per heavy atom. The summed E-state index contributed by atoms with van der Waals surface area (Å²) in [6.45, 7) is -0.0447. The van der Waals surface area contributed by atoms with Gasteiger partial charge in [0.25, 0.3) is 5.91 Å². The van der Waals surface area contributed by atoms with Gasteiger partial charge in [0.2, 0.25) is 15.9 Å². The molecule has 4 rings (SSSR count). The lowest BCUT2D eigenvalue weighted by molar-refractivity contribution is -0.122. The van der Waals surface area contributed by atoms with Gasteiger partial charge in [0.15, 0.2) is 0 Å². The van der Waals surface area contributed by atoms with Crippen LogP contribution in [-0.4, -0.2) is 37.7 Å². The minimum atomic E-state index is -4.12. The van der Waals surface area contributed by atoms with Crippen molar-refractivity contribution in [1.82, 2.24) is 4.31 Å². The van der Waals surface area contributed by atoms with Gasteiger partial charge >= 0.3 is 0 Å². The van der Waals surface area contributed by atoms with Crippen molar-refractivity contribution in [3.63, 3.8) is 0 Å². The van der Waals surface area contributed by atoms with Gasteiger partial charge in [0, 0.05) is 11.4 Å². The van der Waals surface area contributed by atoms with Crippen LogP contribution in [0.3, 0.4) is 0 Å². The molecule has 168 valence electrons. The number of hydrogen-bond acceptors (Lipinski definition) is 7. The lowest BCUT2D eigenvalue weighted by Gasteiger charge is -2.26. The molecule has 2 heterocycles. The zero-order valence-electron chi connectivity index (χ0n) is 17.5. The largest absolute Gasteiger partial charge is 0.497 e. The van der Waals surface area contributed by atoms with E-state index in [9.17, 15) is 18.0 Å². The molecule has 0 aliphatic carbocycles. The molecule has 8 nitrogen and oxygen atoms in total. The van der Waals surface area contributed by atoms with Crippen LogP contribution < -0.4 is 9.64 Å². The number of imide groups is 1. The molecule has 1 aliphatic heterocycles. The number of anilines is 1. The third-order valence-corrected chi connectivity index (χ3v) is 8.01. The number of nitriles is 1. The van der Waals surface area contributed by atoms with E-state index in [0.29, 0.717) is 17.0 Å². The topological polar surface area (TPSA) is 108 Å². The number of nitrogens with zero attached hydrogens (tertiary/aromatic N) is 3. The first kappa shape index (κ1) is 22.7. The monoisotopic (exact) mass is 481 g/mol. The van der Waals surface area contributed by atoms with Gasteiger partial charge in [-0.1, -0.05) is 6.07 Å². The number of hydrogen-bond donors (Lipinski definition) is 0. The first-order valence-corrected chi connectivity index (χ1v) is 12.2. The lowest BCUT2D eigenvalue weighted by atomic mass is 10.2. The molecule has 1 fully saturated rings. The Labute approximate surface area is 195 Å². The van der Waals surface area contributed by atoms with E-state index >= 15 is 0 Å². The normalized spacial score (nSPS) is 16.3. The SMILES string of the molecule is COc1ccc(S(=O)(=O)N(Cc2cccs2)C2CC(=O)N(c3ccc(C#N)cc3)C2=O)cc1. The summed E-state index contributed by atoms with van der Waals surface area (Å²) in [4.78, 5) is 27.9. The third-order valence-electron chi connectivity index (χ3n) is 5.28. The van der Waals surface area contributed by atoms with E-state index in [4.69, 9.17) is 10.00 Å². The van der Waals surface area contributed by atoms with Crippen LogP contribution in [0.2, 0.25) is 0 Å². The van der Waals surface area contributed by atoms with Gasteiger partial charge < -0.3 is 4.74 Å². The zero-order valence-corrected chi connectivity index (χ0v) is 19.2. The van der Waals surface area contributed by atoms with Crippen LogP contribution in [0.5, 0.6) is 5.75 Å². The molecule has 0 N–H and O–H groups in total. The molecule has 2 amide bonds. The summed E-state index contributed by atoms with van der Waals surface area (Å²) in [5, 5.41) is 10.8. The minimum Gasteiger partial charge on any atom is -0.497 e. The van der Waals surface area contributed by atoms with Gasteiger partial charge in [-0.25, -0.2) is 13.3 Å². The van der Waals surface area contributed by atoms with E-state index in [2.05, 4.69) is 0 Å². The molecule has 10 heteroatoms. The number of rotatable bonds is 7. The number of carbonyl (C=O) groups is 2. The van der Waals surface area contributed by atoms with E-state index in [-0.39, 0.29) is 17.9 Å². The van der Waals surface area contributed by atoms with Crippen LogP contribution in [0.4, 0.5) is 5.69 Å². The van der Waals surface area contributed by atoms with Crippen molar-refractivity contribution in [1.29, 1.82) is 5.26 Å². The number of ether oxygens (including phenoxy) is 1. The summed E-state index contributed by atoms with van der Waals surface area (Å²) in [5.41, 5.74) is 0.681. The molecule has 0 spiro atoms. The van der Waals surface area contributed by atoms with E-state index in [0.717, 1.165) is 14.1 Å². The summed E-state index contributed by atoms with van der Waals surface area (Å²) in [7, 11) is -2.64. The van der Waals surface area contributed by atoms with Gasteiger partial charge in [-0.2, -0.15) is 9.57 Å². The molecule has 2 aromatic carbocycles. The Hall–Kier alpha value is -3.52. The Morgan fingerprint density at radius 2 is 1.82 bits per heavy atom. The Balaban J connectivity index is 1.71. The van der Waals surface area contributed by atoms with Crippen molar-refractivity contribution in [2.24, 2.45) is 0 Å². The summed E-state index contributed by atoms with van der Waals surface area (Å²) in [6, 6.07) is 16.2. The van der Waals surface area contributed by atoms with E-state index < -0.39 is 27.9 Å². The average molecular weight is 482 g/mol. The predicted octanol–water partition coefficient (Wildman–Crippen LogP) is 3.15. The quantitative estimate of drug-likeness (QED) is 0.480. The van der Waals surface area contributed by atoms with Crippen LogP contribution in [0.25, 0.3) is 0 Å². The highest BCUT2D eigenvalue weighted by Gasteiger charge is 2.47. The standard InChI is InChI=1S/C23H19N3O5S2/c1-31-18-8-10-20(11-9-18)33(29,30)25(15-19-3-2-12-32-19)21-13-22(27)26(23(21)28)17-6-4-16(14-24)5-7-17/h2-12,21H,13,15H2,1H3. The maximum absolute atomic E-state index is 13.6. The lowest BCUT2D eigenvalue weighted by Crippen LogP contribution is -2.44. The molecule has 1 unspecified atom stereocenters. The molecule has 33 heavy (non-hydrogen) atoms. The van der Waals surface area contributed by atoms with Crippen molar-refractivity contribution < 1.29 is 22.7 Å². The maximum atomic E-state index is 13.6. The number of sulfonamides is 1. The molecule has 0 radical (unpaired) electrons. The fraction of sp³-hybridized carbons (Fsp3) is 0.174. The highest BCUT2D eigenvalue weighted by Crippen LogP contribution is 2.31. The van der Waals surface area contributed by atoms with Gasteiger partial charge in [0.1, 0.15) is 11.8 Å². The molecule has 1 aromatic heterocycles. The second-order valence-corrected chi connectivity index (χ2v) is 10.2. The number of amides is 2. The van der Waals surface area contributed by atoms with Crippen molar-refractivity contribution >= 4 is 38.9 Å². The average Bonchev–Trinajstić information content (AvgIpc) is 3.45. The van der Waals surface area contributed by atoms with E-state index in [1.807, 2.05) is 11.4 Å². The van der Waals surface area contributed by atoms with Crippen molar-refractivity contribution in [3.8, 4) is 11.8 Å². The van der Waals surface area contributed by atoms with E-state index in [1.165, 1.54) is 67.0 Å². The summed E-state index contributed by atoms with van der Waals surface area (Å²) >= 11 is 1.36. The van der Waals surface area contributed by atoms with Crippen LogP contribution in [-0.2, 0) is 26.2 Å². The number of benzene rings is 2. The smallest absolute Gasteiger partial charge is 0.252 e. The molecule has 0 saturated carbocycles. The zero-order chi connectivity index (χ0) is 23.6. The molecule has 1 saturated heterocycles. The first-order valence-electron chi connectivity index (χ1n) is 9.90. The molecule has 1 atom stereocenters. The first-order chi connectivity index (χ1) is 15.8. The summed E-state index contributed by atoms with van der Waals surface area (Å²) < 4.78 is 33.4. The van der Waals surface area contributed by atoms with Gasteiger partial charge in [0.05, 0.1) is 35.7 Å². The molecule has 0 bridgehead atoms. The molecule has 1 aliphatic rings. The second-order valence-electron chi connectivity index (χ2n) is 7.25. The summed E-state index contributed by atoms with van der Waals surface area (Å²) in [5.74, 6) is -0.632. The third kappa shape index (κ3) is 4.39. The Bertz CT molecular complexity index is 1310. The highest BCUT2D eigenvalue weighted by molar-refractivity contribution is 7.89. The fourth-order valence-electron chi connectivity index (χ4n) is 3.60. The van der Waals surface area contributed by atoms with Crippen molar-refractivity contribution in [2.75, 3.05) is 12.0 Å². The molecule has 3 aromatic rings. The van der Waals surface area contributed by atoms with Crippen molar-refractivity contribution in [2.45, 2.75) is 23.9 Å². The van der Waals surface area contributed by atoms with Crippen LogP contribution in [0, 0.1) is 11.3 Å². The number of carbonyl (C=O) groups excluding carboxylic acids is 2. The predicted molar refractivity (Wildman–Crippen MR) is 122 cm³/mol. The van der Waals surface area contributed by atoms with Gasteiger partial charge in [-0.05, 0) is 60.0 Å². The fourth-order valence-corrected chi connectivity index (χ4v) is 5.94. The Morgan fingerprint density at radius 1 is 1.12 bits per heavy atom. The van der Waals surface area contributed by atoms with Crippen molar-refractivity contribution in [3.05, 3.63) is 76.5 Å². The number of thiophene rings is 1. The van der Waals surface area contributed by atoms with Crippen LogP contribution in [0.15, 0.2) is 70.9 Å². The maximum Gasteiger partial charge on any atom is 0.252 e. The molecular formula is C23H19N3O5S2. The van der Waals surface area contributed by atoms with E-state index in [1.54, 1.807) is 12.1 Å². The molecular weight excluding hydrogens is 462 g/mol. The second kappa shape index (κ2) is 9.15. The van der Waals surface area contributed by atoms with Gasteiger partial charge in [-0.15, -0.1) is 11.3 Å². The minimum absolute atomic E-state index is 0.00284. The van der Waals surface area contributed by atoms with Crippen LogP contribution in [0.1, 0.15) is 16.9 Å². The van der Waals surface area contributed by atoms with Crippen LogP contribution >= 0.6 is 11.3 Å². The highest BCUT2D eigenvalue weighted by atomic mass is 32.2.